The van der Waals surface area contributed by atoms with Gasteiger partial charge in [0.25, 0.3) is 5.56 Å². The zero-order chi connectivity index (χ0) is 29.9. The first-order chi connectivity index (χ1) is 20.0. The van der Waals surface area contributed by atoms with E-state index in [1.54, 1.807) is 6.07 Å². The molecule has 0 saturated carbocycles. The smallest absolute Gasteiger partial charge is 0.394 e. The number of phosphoric acid groups is 1. The first kappa shape index (κ1) is 28.6. The summed E-state index contributed by atoms with van der Waals surface area (Å²) in [5, 5.41) is 42.0. The second-order valence-electron chi connectivity index (χ2n) is 9.60. The molecule has 2 fully saturated rings. The van der Waals surface area contributed by atoms with Gasteiger partial charge in [-0.15, -0.1) is 0 Å². The molecule has 1 unspecified atom stereocenters. The van der Waals surface area contributed by atoms with E-state index in [0.29, 0.717) is 11.0 Å². The number of imidazole rings is 1. The molecule has 20 nitrogen and oxygen atoms in total. The quantitative estimate of drug-likeness (QED) is 0.0909. The average Bonchev–Trinajstić information content (AvgIpc) is 3.69. The normalized spacial score (nSPS) is 31.3. The number of hydrogen-bond acceptors (Lipinski definition) is 15. The van der Waals surface area contributed by atoms with E-state index < -0.39 is 81.4 Å². The molecule has 6 heterocycles. The fourth-order valence-electron chi connectivity index (χ4n) is 5.00. The van der Waals surface area contributed by atoms with Gasteiger partial charge in [0.15, 0.2) is 18.0 Å². The molecule has 6 rings (SSSR count). The van der Waals surface area contributed by atoms with E-state index in [4.69, 9.17) is 24.3 Å². The molecule has 0 aliphatic carbocycles. The third-order valence-corrected chi connectivity index (χ3v) is 8.03. The van der Waals surface area contributed by atoms with Gasteiger partial charge in [0.1, 0.15) is 60.1 Å². The molecule has 0 aromatic carbocycles. The largest absolute Gasteiger partial charge is 0.472 e. The number of aliphatic hydroxyl groups is 4. The number of fused-ring (bicyclic) bond motifs is 2. The van der Waals surface area contributed by atoms with Crippen LogP contribution in [0.3, 0.4) is 0 Å². The van der Waals surface area contributed by atoms with Gasteiger partial charge in [-0.2, -0.15) is 0 Å². The Balaban J connectivity index is 1.19. The standard InChI is InChI=1S/C21H25N8O12P/c22-15-7-1-2-28(16(7)24-5-23-15)19-13(33)11(31)9(40-19)4-38-42(36,37)41-14-12(32)8(3-30)39-20(14)29-6-25-10-17(29)26-21(35)27-18(10)34/h1-2,5-6,8-9,11-14,19-20,30-33H,3-4H2,(H,36,37)(H2,22,23,24)(H2,26,27,34,35)/t8-,9-,11-,12-,13-,14-,19-,20-/m1/s1. The van der Waals surface area contributed by atoms with E-state index in [1.165, 1.54) is 17.1 Å². The van der Waals surface area contributed by atoms with Gasteiger partial charge < -0.3 is 45.1 Å². The second kappa shape index (κ2) is 10.6. The molecule has 9 N–H and O–H groups in total. The van der Waals surface area contributed by atoms with Crippen LogP contribution in [-0.2, 0) is 23.1 Å². The highest BCUT2D eigenvalue weighted by Crippen LogP contribution is 2.50. The maximum absolute atomic E-state index is 13.0. The number of H-pyrrole nitrogens is 2. The van der Waals surface area contributed by atoms with Crippen molar-refractivity contribution >= 4 is 35.8 Å². The zero-order valence-electron chi connectivity index (χ0n) is 21.2. The Morgan fingerprint density at radius 2 is 1.79 bits per heavy atom. The second-order valence-corrected chi connectivity index (χ2v) is 11.0. The van der Waals surface area contributed by atoms with Gasteiger partial charge in [0.2, 0.25) is 0 Å². The maximum Gasteiger partial charge on any atom is 0.472 e. The van der Waals surface area contributed by atoms with Crippen molar-refractivity contribution in [3.05, 3.63) is 45.8 Å². The summed E-state index contributed by atoms with van der Waals surface area (Å²) in [4.78, 5) is 50.6. The Morgan fingerprint density at radius 3 is 2.55 bits per heavy atom. The van der Waals surface area contributed by atoms with E-state index in [1.807, 2.05) is 4.98 Å². The minimum atomic E-state index is -5.07. The van der Waals surface area contributed by atoms with Crippen molar-refractivity contribution in [2.45, 2.75) is 49.1 Å². The number of nitrogen functional groups attached to an aromatic ring is 1. The van der Waals surface area contributed by atoms with Gasteiger partial charge in [-0.05, 0) is 6.07 Å². The summed E-state index contributed by atoms with van der Waals surface area (Å²) in [6.45, 7) is -1.46. The van der Waals surface area contributed by atoms with Crippen molar-refractivity contribution in [1.82, 2.24) is 34.1 Å². The summed E-state index contributed by atoms with van der Waals surface area (Å²) in [6.07, 6.45) is -7.85. The van der Waals surface area contributed by atoms with Gasteiger partial charge in [0.05, 0.1) is 24.9 Å². The van der Waals surface area contributed by atoms with Gasteiger partial charge in [-0.25, -0.2) is 24.3 Å². The van der Waals surface area contributed by atoms with Crippen LogP contribution >= 0.6 is 7.82 Å². The molecule has 2 aliphatic heterocycles. The SMILES string of the molecule is Nc1ncnc2c1ccn2[C@@H]1O[C@H](COP(=O)(O)O[C@@H]2[C@H](O)[C@@H](CO)O[C@H]2n2cnc3c(=O)[nH]c(=O)[nH]c32)[C@@H](O)[C@H]1O. The lowest BCUT2D eigenvalue weighted by Crippen LogP contribution is -2.36. The number of nitrogens with one attached hydrogen (secondary N) is 2. The van der Waals surface area contributed by atoms with Crippen molar-refractivity contribution in [1.29, 1.82) is 0 Å². The fraction of sp³-hybridized carbons (Fsp3) is 0.476. The summed E-state index contributed by atoms with van der Waals surface area (Å²) in [6, 6.07) is 1.59. The van der Waals surface area contributed by atoms with Gasteiger partial charge in [-0.1, -0.05) is 0 Å². The highest BCUT2D eigenvalue weighted by atomic mass is 31.2. The lowest BCUT2D eigenvalue weighted by molar-refractivity contribution is -0.0614. The number of aromatic nitrogens is 7. The number of phosphoric ester groups is 1. The number of nitrogens with two attached hydrogens (primary N) is 1. The predicted molar refractivity (Wildman–Crippen MR) is 136 cm³/mol. The van der Waals surface area contributed by atoms with Crippen molar-refractivity contribution in [2.24, 2.45) is 0 Å². The number of nitrogens with zero attached hydrogens (tertiary/aromatic N) is 5. The monoisotopic (exact) mass is 612 g/mol. The lowest BCUT2D eigenvalue weighted by atomic mass is 10.1. The van der Waals surface area contributed by atoms with E-state index >= 15 is 0 Å². The van der Waals surface area contributed by atoms with Crippen LogP contribution in [0.25, 0.3) is 22.2 Å². The van der Waals surface area contributed by atoms with Crippen LogP contribution in [0.5, 0.6) is 0 Å². The van der Waals surface area contributed by atoms with Crippen LogP contribution in [0.15, 0.2) is 34.5 Å². The van der Waals surface area contributed by atoms with Crippen molar-refractivity contribution < 1.29 is 48.4 Å². The average molecular weight is 612 g/mol. The molecule has 9 atom stereocenters. The van der Waals surface area contributed by atoms with Crippen molar-refractivity contribution in [2.75, 3.05) is 18.9 Å². The summed E-state index contributed by atoms with van der Waals surface area (Å²) in [5.41, 5.74) is 4.11. The minimum absolute atomic E-state index is 0.145. The van der Waals surface area contributed by atoms with E-state index in [9.17, 15) is 39.5 Å². The first-order valence-electron chi connectivity index (χ1n) is 12.4. The molecule has 4 aromatic heterocycles. The van der Waals surface area contributed by atoms with Crippen LogP contribution < -0.4 is 17.0 Å². The van der Waals surface area contributed by atoms with Crippen LogP contribution in [0.1, 0.15) is 12.5 Å². The van der Waals surface area contributed by atoms with Gasteiger partial charge >= 0.3 is 13.5 Å². The Morgan fingerprint density at radius 1 is 1.02 bits per heavy atom. The molecule has 42 heavy (non-hydrogen) atoms. The van der Waals surface area contributed by atoms with Crippen molar-refractivity contribution in [3.8, 4) is 0 Å². The molecule has 21 heteroatoms. The Kier molecular flexibility index (Phi) is 7.22. The lowest BCUT2D eigenvalue weighted by Gasteiger charge is -2.25. The molecule has 0 radical (unpaired) electrons. The molecule has 0 bridgehead atoms. The summed E-state index contributed by atoms with van der Waals surface area (Å²) in [5.74, 6) is 0.187. The van der Waals surface area contributed by atoms with Gasteiger partial charge in [0, 0.05) is 6.20 Å². The third-order valence-electron chi connectivity index (χ3n) is 7.04. The number of aromatic amines is 2. The molecule has 2 aliphatic rings. The third kappa shape index (κ3) is 4.82. The summed E-state index contributed by atoms with van der Waals surface area (Å²) >= 11 is 0. The summed E-state index contributed by atoms with van der Waals surface area (Å²) in [7, 11) is -5.07. The molecule has 0 spiro atoms. The number of rotatable bonds is 8. The number of aliphatic hydroxyl groups excluding tert-OH is 4. The van der Waals surface area contributed by atoms with E-state index in [0.717, 1.165) is 10.9 Å². The number of ether oxygens (including phenoxy) is 2. The molecule has 226 valence electrons. The Hall–Kier alpha value is -3.56. The predicted octanol–water partition coefficient (Wildman–Crippen LogP) is -3.19. The maximum atomic E-state index is 13.0. The van der Waals surface area contributed by atoms with Gasteiger partial charge in [-0.3, -0.25) is 28.4 Å². The Labute approximate surface area is 232 Å². The number of anilines is 1. The molecule has 2 saturated heterocycles. The van der Waals surface area contributed by atoms with Crippen molar-refractivity contribution in [3.63, 3.8) is 0 Å². The van der Waals surface area contributed by atoms with E-state index in [-0.39, 0.29) is 17.0 Å². The van der Waals surface area contributed by atoms with Crippen LogP contribution in [-0.4, -0.2) is 109 Å². The summed E-state index contributed by atoms with van der Waals surface area (Å²) < 4.78 is 37.0. The highest BCUT2D eigenvalue weighted by molar-refractivity contribution is 7.47. The van der Waals surface area contributed by atoms with Crippen LogP contribution in [0.2, 0.25) is 0 Å². The molecular weight excluding hydrogens is 587 g/mol. The molecule has 0 amide bonds. The van der Waals surface area contributed by atoms with E-state index in [2.05, 4.69) is 19.9 Å². The minimum Gasteiger partial charge on any atom is -0.394 e. The zero-order valence-corrected chi connectivity index (χ0v) is 22.1. The number of hydrogen-bond donors (Lipinski definition) is 8. The highest BCUT2D eigenvalue weighted by Gasteiger charge is 2.50. The topological polar surface area (TPSA) is 295 Å². The Bertz CT molecular complexity index is 1790. The first-order valence-corrected chi connectivity index (χ1v) is 13.9. The fourth-order valence-corrected chi connectivity index (χ4v) is 5.93. The molecular formula is C21H25N8O12P. The molecule has 4 aromatic rings. The van der Waals surface area contributed by atoms with Crippen LogP contribution in [0.4, 0.5) is 5.82 Å². The van der Waals surface area contributed by atoms with Crippen LogP contribution in [0, 0.1) is 0 Å².